The molecule has 0 unspecified atom stereocenters. The van der Waals surface area contributed by atoms with Gasteiger partial charge in [-0.2, -0.15) is 0 Å². The molecular formula is C17H27N7O. The van der Waals surface area contributed by atoms with Crippen molar-refractivity contribution in [1.82, 2.24) is 29.8 Å². The summed E-state index contributed by atoms with van der Waals surface area (Å²) in [6.45, 7) is 9.27. The van der Waals surface area contributed by atoms with Gasteiger partial charge in [-0.15, -0.1) is 10.2 Å². The van der Waals surface area contributed by atoms with Crippen molar-refractivity contribution in [3.8, 4) is 0 Å². The van der Waals surface area contributed by atoms with Gasteiger partial charge in [-0.25, -0.2) is 4.98 Å². The molecule has 2 aromatic rings. The summed E-state index contributed by atoms with van der Waals surface area (Å²) in [6, 6.07) is 0. The van der Waals surface area contributed by atoms with Crippen molar-refractivity contribution in [2.24, 2.45) is 5.92 Å². The molecule has 0 spiro atoms. The maximum atomic E-state index is 12.0. The number of piperidine rings is 1. The molecule has 0 aromatic carbocycles. The van der Waals surface area contributed by atoms with E-state index in [1.54, 1.807) is 12.5 Å². The minimum absolute atomic E-state index is 0.103. The molecule has 8 heteroatoms. The van der Waals surface area contributed by atoms with Crippen LogP contribution in [0.1, 0.15) is 33.6 Å². The zero-order chi connectivity index (χ0) is 17.9. The second-order valence-corrected chi connectivity index (χ2v) is 7.74. The van der Waals surface area contributed by atoms with E-state index in [0.29, 0.717) is 12.5 Å². The number of nitrogens with one attached hydrogen (secondary N) is 2. The first-order valence-corrected chi connectivity index (χ1v) is 8.82. The summed E-state index contributed by atoms with van der Waals surface area (Å²) in [6.07, 6.45) is 7.40. The molecule has 25 heavy (non-hydrogen) atoms. The number of aromatic nitrogens is 4. The molecule has 136 valence electrons. The Bertz CT molecular complexity index is 713. The van der Waals surface area contributed by atoms with Crippen molar-refractivity contribution in [2.45, 2.75) is 39.2 Å². The number of carbonyl (C=O) groups is 1. The zero-order valence-electron chi connectivity index (χ0n) is 15.2. The number of nitrogens with zero attached hydrogens (tertiary/aromatic N) is 5. The summed E-state index contributed by atoms with van der Waals surface area (Å²) in [5, 5.41) is 14.4. The lowest BCUT2D eigenvalue weighted by atomic mass is 9.97. The van der Waals surface area contributed by atoms with Gasteiger partial charge >= 0.3 is 0 Å². The van der Waals surface area contributed by atoms with Gasteiger partial charge in [0.1, 0.15) is 6.33 Å². The highest BCUT2D eigenvalue weighted by Gasteiger charge is 2.22. The summed E-state index contributed by atoms with van der Waals surface area (Å²) < 4.78 is 1.85. The van der Waals surface area contributed by atoms with E-state index in [0.717, 1.165) is 43.9 Å². The van der Waals surface area contributed by atoms with Crippen molar-refractivity contribution in [2.75, 3.05) is 31.5 Å². The van der Waals surface area contributed by atoms with Gasteiger partial charge in [-0.1, -0.05) is 0 Å². The topological polar surface area (TPSA) is 87.5 Å². The lowest BCUT2D eigenvalue weighted by Crippen LogP contribution is -2.47. The minimum Gasteiger partial charge on any atom is -0.367 e. The van der Waals surface area contributed by atoms with Crippen LogP contribution >= 0.6 is 0 Å². The fourth-order valence-corrected chi connectivity index (χ4v) is 3.13. The first kappa shape index (κ1) is 17.6. The Morgan fingerprint density at radius 2 is 2.08 bits per heavy atom. The highest BCUT2D eigenvalue weighted by atomic mass is 16.2. The van der Waals surface area contributed by atoms with Gasteiger partial charge in [0.2, 0.25) is 11.6 Å². The normalized spacial score (nSPS) is 16.9. The van der Waals surface area contributed by atoms with Crippen LogP contribution in [0.2, 0.25) is 0 Å². The Labute approximate surface area is 148 Å². The molecule has 2 aromatic heterocycles. The van der Waals surface area contributed by atoms with Crippen molar-refractivity contribution >= 4 is 17.4 Å². The second kappa shape index (κ2) is 7.35. The largest absolute Gasteiger partial charge is 0.367 e. The van der Waals surface area contributed by atoms with Crippen LogP contribution in [0.3, 0.4) is 0 Å². The first-order valence-electron chi connectivity index (χ1n) is 8.82. The van der Waals surface area contributed by atoms with E-state index >= 15 is 0 Å². The average Bonchev–Trinajstić information content (AvgIpc) is 3.01. The predicted octanol–water partition coefficient (Wildman–Crippen LogP) is 1.16. The molecule has 1 saturated heterocycles. The van der Waals surface area contributed by atoms with Gasteiger partial charge in [0.05, 0.1) is 6.54 Å². The molecule has 2 N–H and O–H groups in total. The highest BCUT2D eigenvalue weighted by Crippen LogP contribution is 2.18. The maximum Gasteiger partial charge on any atom is 0.234 e. The molecule has 1 amide bonds. The van der Waals surface area contributed by atoms with Gasteiger partial charge in [0.15, 0.2) is 5.82 Å². The monoisotopic (exact) mass is 345 g/mol. The van der Waals surface area contributed by atoms with Crippen LogP contribution in [-0.2, 0) is 4.79 Å². The number of fused-ring (bicyclic) bond motifs is 1. The van der Waals surface area contributed by atoms with Gasteiger partial charge in [0, 0.05) is 24.5 Å². The molecule has 3 heterocycles. The van der Waals surface area contributed by atoms with Gasteiger partial charge in [0.25, 0.3) is 0 Å². The quantitative estimate of drug-likeness (QED) is 0.846. The molecule has 1 aliphatic rings. The van der Waals surface area contributed by atoms with E-state index in [1.165, 1.54) is 0 Å². The van der Waals surface area contributed by atoms with Crippen LogP contribution in [0.25, 0.3) is 5.65 Å². The molecule has 1 aliphatic heterocycles. The number of anilines is 1. The summed E-state index contributed by atoms with van der Waals surface area (Å²) in [7, 11) is 0. The number of hydrogen-bond acceptors (Lipinski definition) is 6. The molecule has 3 rings (SSSR count). The van der Waals surface area contributed by atoms with Crippen molar-refractivity contribution in [3.05, 3.63) is 18.7 Å². The molecule has 0 atom stereocenters. The molecule has 0 aliphatic carbocycles. The van der Waals surface area contributed by atoms with Crippen molar-refractivity contribution in [1.29, 1.82) is 0 Å². The summed E-state index contributed by atoms with van der Waals surface area (Å²) >= 11 is 0. The standard InChI is InChI=1S/C17H27N7O/c1-17(2,3)21-14(25)11-23-7-4-13(5-8-23)10-19-15-16-22-20-12-24(16)9-6-18-15/h6,9,12-13H,4-5,7-8,10-11H2,1-3H3,(H,18,19)(H,21,25). The summed E-state index contributed by atoms with van der Waals surface area (Å²) in [5.41, 5.74) is 0.577. The fourth-order valence-electron chi connectivity index (χ4n) is 3.13. The van der Waals surface area contributed by atoms with Crippen molar-refractivity contribution < 1.29 is 4.79 Å². The Kier molecular flexibility index (Phi) is 5.17. The number of likely N-dealkylation sites (tertiary alicyclic amines) is 1. The highest BCUT2D eigenvalue weighted by molar-refractivity contribution is 5.78. The lowest BCUT2D eigenvalue weighted by molar-refractivity contribution is -0.124. The maximum absolute atomic E-state index is 12.0. The Morgan fingerprint density at radius 1 is 1.32 bits per heavy atom. The number of rotatable bonds is 5. The summed E-state index contributed by atoms with van der Waals surface area (Å²) in [5.74, 6) is 1.45. The van der Waals surface area contributed by atoms with Crippen LogP contribution in [0.4, 0.5) is 5.82 Å². The van der Waals surface area contributed by atoms with E-state index in [2.05, 4.69) is 30.7 Å². The average molecular weight is 345 g/mol. The van der Waals surface area contributed by atoms with Crippen LogP contribution in [0, 0.1) is 5.92 Å². The smallest absolute Gasteiger partial charge is 0.234 e. The number of amides is 1. The lowest BCUT2D eigenvalue weighted by Gasteiger charge is -2.32. The van der Waals surface area contributed by atoms with E-state index in [9.17, 15) is 4.79 Å². The number of carbonyl (C=O) groups excluding carboxylic acids is 1. The van der Waals surface area contributed by atoms with E-state index in [1.807, 2.05) is 31.4 Å². The SMILES string of the molecule is CC(C)(C)NC(=O)CN1CCC(CNc2nccn3cnnc23)CC1. The third kappa shape index (κ3) is 4.88. The van der Waals surface area contributed by atoms with E-state index < -0.39 is 0 Å². The van der Waals surface area contributed by atoms with Crippen LogP contribution in [-0.4, -0.2) is 62.1 Å². The Morgan fingerprint density at radius 3 is 2.80 bits per heavy atom. The molecule has 8 nitrogen and oxygen atoms in total. The minimum atomic E-state index is -0.172. The van der Waals surface area contributed by atoms with Gasteiger partial charge < -0.3 is 10.6 Å². The van der Waals surface area contributed by atoms with Gasteiger partial charge in [-0.05, 0) is 52.6 Å². The van der Waals surface area contributed by atoms with Crippen LogP contribution < -0.4 is 10.6 Å². The molecular weight excluding hydrogens is 318 g/mol. The molecule has 0 bridgehead atoms. The zero-order valence-corrected chi connectivity index (χ0v) is 15.2. The van der Waals surface area contributed by atoms with Crippen LogP contribution in [0.5, 0.6) is 0 Å². The molecule has 1 fully saturated rings. The summed E-state index contributed by atoms with van der Waals surface area (Å²) in [4.78, 5) is 18.6. The third-order valence-electron chi connectivity index (χ3n) is 4.36. The molecule has 0 radical (unpaired) electrons. The van der Waals surface area contributed by atoms with E-state index in [-0.39, 0.29) is 11.4 Å². The van der Waals surface area contributed by atoms with Gasteiger partial charge in [-0.3, -0.25) is 14.1 Å². The first-order chi connectivity index (χ1) is 11.9. The Hall–Kier alpha value is -2.22. The third-order valence-corrected chi connectivity index (χ3v) is 4.36. The van der Waals surface area contributed by atoms with Crippen LogP contribution in [0.15, 0.2) is 18.7 Å². The Balaban J connectivity index is 1.44. The second-order valence-electron chi connectivity index (χ2n) is 7.74. The predicted molar refractivity (Wildman–Crippen MR) is 96.3 cm³/mol. The molecule has 0 saturated carbocycles. The number of hydrogen-bond donors (Lipinski definition) is 2. The fraction of sp³-hybridized carbons (Fsp3) is 0.647. The van der Waals surface area contributed by atoms with E-state index in [4.69, 9.17) is 0 Å². The van der Waals surface area contributed by atoms with Crippen molar-refractivity contribution in [3.63, 3.8) is 0 Å².